The first kappa shape index (κ1) is 14.1. The van der Waals surface area contributed by atoms with Crippen LogP contribution in [0.2, 0.25) is 0 Å². The van der Waals surface area contributed by atoms with E-state index >= 15 is 0 Å². The minimum absolute atomic E-state index is 0.551. The van der Waals surface area contributed by atoms with Gasteiger partial charge in [0.15, 0.2) is 17.3 Å². The van der Waals surface area contributed by atoms with Crippen LogP contribution in [0.3, 0.4) is 0 Å². The van der Waals surface area contributed by atoms with Crippen LogP contribution in [-0.2, 0) is 6.54 Å². The molecule has 108 valence electrons. The molecule has 0 aliphatic heterocycles. The third-order valence-electron chi connectivity index (χ3n) is 3.05. The molecule has 7 nitrogen and oxygen atoms in total. The quantitative estimate of drug-likeness (QED) is 0.809. The molecule has 2 aromatic rings. The fourth-order valence-electron chi connectivity index (χ4n) is 1.94. The van der Waals surface area contributed by atoms with Gasteiger partial charge in [-0.1, -0.05) is 13.3 Å². The van der Waals surface area contributed by atoms with Crippen molar-refractivity contribution in [3.8, 4) is 22.9 Å². The molecule has 0 radical (unpaired) electrons. The van der Waals surface area contributed by atoms with Gasteiger partial charge in [0.05, 0.1) is 14.2 Å². The predicted octanol–water partition coefficient (Wildman–Crippen LogP) is 1.74. The Kier molecular flexibility index (Phi) is 4.39. The van der Waals surface area contributed by atoms with E-state index in [9.17, 15) is 0 Å². The predicted molar refractivity (Wildman–Crippen MR) is 75.7 cm³/mol. The van der Waals surface area contributed by atoms with Crippen LogP contribution >= 0.6 is 0 Å². The van der Waals surface area contributed by atoms with Crippen LogP contribution in [-0.4, -0.2) is 34.4 Å². The van der Waals surface area contributed by atoms with Crippen molar-refractivity contribution in [2.75, 3.05) is 20.0 Å². The standard InChI is InChI=1S/C13H19N5O2/c1-4-5-6-18-13(15-16-17-18)9-7-11(19-2)12(20-3)8-10(9)14/h7-8H,4-6,14H2,1-3H3. The zero-order valence-electron chi connectivity index (χ0n) is 12.0. The highest BCUT2D eigenvalue weighted by Crippen LogP contribution is 2.36. The summed E-state index contributed by atoms with van der Waals surface area (Å²) in [5.41, 5.74) is 7.36. The third-order valence-corrected chi connectivity index (χ3v) is 3.05. The number of ether oxygens (including phenoxy) is 2. The topological polar surface area (TPSA) is 88.1 Å². The maximum atomic E-state index is 6.06. The SMILES string of the molecule is CCCCn1nnnc1-c1cc(OC)c(OC)cc1N. The summed E-state index contributed by atoms with van der Waals surface area (Å²) in [6.07, 6.45) is 2.08. The molecule has 0 saturated heterocycles. The van der Waals surface area contributed by atoms with Gasteiger partial charge in [-0.2, -0.15) is 0 Å². The number of nitrogens with two attached hydrogens (primary N) is 1. The smallest absolute Gasteiger partial charge is 0.184 e. The molecule has 0 bridgehead atoms. The lowest BCUT2D eigenvalue weighted by atomic mass is 10.1. The number of nitrogen functional groups attached to an aromatic ring is 1. The highest BCUT2D eigenvalue weighted by atomic mass is 16.5. The molecule has 20 heavy (non-hydrogen) atoms. The van der Waals surface area contributed by atoms with Gasteiger partial charge in [-0.15, -0.1) is 5.10 Å². The Hall–Kier alpha value is -2.31. The molecule has 1 heterocycles. The Morgan fingerprint density at radius 3 is 2.55 bits per heavy atom. The van der Waals surface area contributed by atoms with E-state index in [2.05, 4.69) is 22.4 Å². The average Bonchev–Trinajstić information content (AvgIpc) is 2.92. The van der Waals surface area contributed by atoms with Gasteiger partial charge in [0.2, 0.25) is 0 Å². The lowest BCUT2D eigenvalue weighted by Crippen LogP contribution is -2.05. The number of benzene rings is 1. The summed E-state index contributed by atoms with van der Waals surface area (Å²) < 4.78 is 12.3. The van der Waals surface area contributed by atoms with Gasteiger partial charge in [-0.25, -0.2) is 4.68 Å². The van der Waals surface area contributed by atoms with Crippen molar-refractivity contribution in [2.24, 2.45) is 0 Å². The number of tetrazole rings is 1. The number of unbranched alkanes of at least 4 members (excludes halogenated alkanes) is 1. The summed E-state index contributed by atoms with van der Waals surface area (Å²) >= 11 is 0. The van der Waals surface area contributed by atoms with Crippen molar-refractivity contribution in [2.45, 2.75) is 26.3 Å². The molecular formula is C13H19N5O2. The van der Waals surface area contributed by atoms with E-state index in [0.717, 1.165) is 24.9 Å². The van der Waals surface area contributed by atoms with Gasteiger partial charge in [0.1, 0.15) is 0 Å². The number of anilines is 1. The van der Waals surface area contributed by atoms with Crippen LogP contribution < -0.4 is 15.2 Å². The van der Waals surface area contributed by atoms with Gasteiger partial charge in [-0.3, -0.25) is 0 Å². The molecule has 0 atom stereocenters. The molecule has 2 rings (SSSR count). The number of aryl methyl sites for hydroxylation is 1. The Balaban J connectivity index is 2.44. The first-order valence-electron chi connectivity index (χ1n) is 6.49. The molecule has 0 amide bonds. The van der Waals surface area contributed by atoms with Crippen molar-refractivity contribution in [3.63, 3.8) is 0 Å². The monoisotopic (exact) mass is 277 g/mol. The molecule has 7 heteroatoms. The highest BCUT2D eigenvalue weighted by molar-refractivity contribution is 5.75. The number of hydrogen-bond acceptors (Lipinski definition) is 6. The zero-order valence-corrected chi connectivity index (χ0v) is 12.0. The summed E-state index contributed by atoms with van der Waals surface area (Å²) in [6.45, 7) is 2.88. The largest absolute Gasteiger partial charge is 0.493 e. The molecule has 1 aromatic carbocycles. The van der Waals surface area contributed by atoms with E-state index in [-0.39, 0.29) is 0 Å². The minimum atomic E-state index is 0.551. The van der Waals surface area contributed by atoms with Crippen LogP contribution in [0.5, 0.6) is 11.5 Å². The van der Waals surface area contributed by atoms with E-state index in [1.165, 1.54) is 0 Å². The summed E-state index contributed by atoms with van der Waals surface area (Å²) in [7, 11) is 3.15. The summed E-state index contributed by atoms with van der Waals surface area (Å²) in [4.78, 5) is 0. The molecule has 0 saturated carbocycles. The Morgan fingerprint density at radius 2 is 1.90 bits per heavy atom. The maximum absolute atomic E-state index is 6.06. The fourth-order valence-corrected chi connectivity index (χ4v) is 1.94. The third kappa shape index (κ3) is 2.66. The van der Waals surface area contributed by atoms with Crippen molar-refractivity contribution in [1.82, 2.24) is 20.2 Å². The van der Waals surface area contributed by atoms with E-state index < -0.39 is 0 Å². The Labute approximate surface area is 117 Å². The second kappa shape index (κ2) is 6.23. The molecule has 0 aliphatic rings. The molecule has 0 unspecified atom stereocenters. The maximum Gasteiger partial charge on any atom is 0.184 e. The van der Waals surface area contributed by atoms with Gasteiger partial charge in [-0.05, 0) is 22.9 Å². The van der Waals surface area contributed by atoms with Crippen molar-refractivity contribution < 1.29 is 9.47 Å². The van der Waals surface area contributed by atoms with Gasteiger partial charge >= 0.3 is 0 Å². The summed E-state index contributed by atoms with van der Waals surface area (Å²) in [5, 5.41) is 11.8. The second-order valence-corrected chi connectivity index (χ2v) is 4.37. The van der Waals surface area contributed by atoms with Crippen molar-refractivity contribution >= 4 is 5.69 Å². The molecule has 2 N–H and O–H groups in total. The molecule has 0 spiro atoms. The van der Waals surface area contributed by atoms with Crippen LogP contribution in [0.15, 0.2) is 12.1 Å². The van der Waals surface area contributed by atoms with Gasteiger partial charge in [0.25, 0.3) is 0 Å². The first-order valence-corrected chi connectivity index (χ1v) is 6.49. The number of aromatic nitrogens is 4. The minimum Gasteiger partial charge on any atom is -0.493 e. The van der Waals surface area contributed by atoms with E-state index in [4.69, 9.17) is 15.2 Å². The van der Waals surface area contributed by atoms with Crippen molar-refractivity contribution in [1.29, 1.82) is 0 Å². The molecular weight excluding hydrogens is 258 g/mol. The normalized spacial score (nSPS) is 10.6. The van der Waals surface area contributed by atoms with E-state index in [1.807, 2.05) is 0 Å². The first-order chi connectivity index (χ1) is 9.71. The summed E-state index contributed by atoms with van der Waals surface area (Å²) in [5.74, 6) is 1.82. The highest BCUT2D eigenvalue weighted by Gasteiger charge is 2.16. The molecule has 0 aliphatic carbocycles. The Morgan fingerprint density at radius 1 is 1.20 bits per heavy atom. The number of rotatable bonds is 6. The van der Waals surface area contributed by atoms with E-state index in [0.29, 0.717) is 23.0 Å². The van der Waals surface area contributed by atoms with Gasteiger partial charge in [0, 0.05) is 23.9 Å². The molecule has 1 aromatic heterocycles. The lowest BCUT2D eigenvalue weighted by molar-refractivity contribution is 0.355. The second-order valence-electron chi connectivity index (χ2n) is 4.37. The molecule has 0 fully saturated rings. The fraction of sp³-hybridized carbons (Fsp3) is 0.462. The van der Waals surface area contributed by atoms with Crippen LogP contribution in [0, 0.1) is 0 Å². The zero-order chi connectivity index (χ0) is 14.5. The summed E-state index contributed by atoms with van der Waals surface area (Å²) in [6, 6.07) is 3.51. The number of nitrogens with zero attached hydrogens (tertiary/aromatic N) is 4. The van der Waals surface area contributed by atoms with Crippen molar-refractivity contribution in [3.05, 3.63) is 12.1 Å². The average molecular weight is 277 g/mol. The van der Waals surface area contributed by atoms with Crippen LogP contribution in [0.1, 0.15) is 19.8 Å². The lowest BCUT2D eigenvalue weighted by Gasteiger charge is -2.12. The van der Waals surface area contributed by atoms with Crippen LogP contribution in [0.4, 0.5) is 5.69 Å². The number of hydrogen-bond donors (Lipinski definition) is 1. The van der Waals surface area contributed by atoms with Gasteiger partial charge < -0.3 is 15.2 Å². The van der Waals surface area contributed by atoms with E-state index in [1.54, 1.807) is 31.0 Å². The number of methoxy groups -OCH3 is 2. The van der Waals surface area contributed by atoms with Crippen LogP contribution in [0.25, 0.3) is 11.4 Å². The Bertz CT molecular complexity index is 582.